The number of nitro benzene ring substituents is 1. The topological polar surface area (TPSA) is 176 Å². The maximum atomic E-state index is 14.9. The first-order valence-electron chi connectivity index (χ1n) is 18.5. The summed E-state index contributed by atoms with van der Waals surface area (Å²) in [6.45, 7) is 1.37. The molecule has 0 bridgehead atoms. The number of carbonyl (C=O) groups excluding carboxylic acids is 4. The lowest BCUT2D eigenvalue weighted by Gasteiger charge is -2.44. The molecule has 0 radical (unpaired) electrons. The number of likely N-dealkylation sites (tertiary alicyclic amines) is 2. The summed E-state index contributed by atoms with van der Waals surface area (Å²) in [6, 6.07) is 8.03. The highest BCUT2D eigenvalue weighted by Crippen LogP contribution is 2.43. The number of non-ortho nitro benzene ring substituents is 1. The van der Waals surface area contributed by atoms with Crippen LogP contribution in [0.5, 0.6) is 0 Å². The van der Waals surface area contributed by atoms with Crippen LogP contribution in [0.2, 0.25) is 5.02 Å². The molecule has 4 fully saturated rings. The summed E-state index contributed by atoms with van der Waals surface area (Å²) in [4.78, 5) is 80.7. The molecule has 6 aliphatic rings. The zero-order valence-corrected chi connectivity index (χ0v) is 30.0. The van der Waals surface area contributed by atoms with Crippen molar-refractivity contribution in [2.24, 2.45) is 10.9 Å². The fraction of sp³-hybridized carbons (Fsp3) is 0.447. The van der Waals surface area contributed by atoms with Crippen LogP contribution in [0.25, 0.3) is 11.0 Å². The number of carbonyl (C=O) groups is 4. The quantitative estimate of drug-likeness (QED) is 0.155. The third-order valence-electron chi connectivity index (χ3n) is 12.1. The summed E-state index contributed by atoms with van der Waals surface area (Å²) in [5, 5.41) is 19.6. The van der Waals surface area contributed by atoms with Crippen molar-refractivity contribution in [1.29, 1.82) is 0 Å². The van der Waals surface area contributed by atoms with E-state index in [1.54, 1.807) is 34.1 Å². The van der Waals surface area contributed by atoms with Crippen LogP contribution in [0.3, 0.4) is 0 Å². The molecule has 0 saturated carbocycles. The van der Waals surface area contributed by atoms with Crippen LogP contribution in [-0.4, -0.2) is 114 Å². The highest BCUT2D eigenvalue weighted by Gasteiger charge is 2.58. The van der Waals surface area contributed by atoms with Gasteiger partial charge in [0.1, 0.15) is 23.3 Å². The molecule has 1 aromatic heterocycles. The third-order valence-corrected chi connectivity index (χ3v) is 12.5. The first-order chi connectivity index (χ1) is 26.2. The molecule has 4 amide bonds. The first kappa shape index (κ1) is 34.3. The van der Waals surface area contributed by atoms with Gasteiger partial charge >= 0.3 is 5.69 Å². The molecule has 0 aliphatic carbocycles. The molecule has 0 N–H and O–H groups in total. The Morgan fingerprint density at radius 3 is 2.63 bits per heavy atom. The molecule has 0 unspecified atom stereocenters. The smallest absolute Gasteiger partial charge is 0.300 e. The Kier molecular flexibility index (Phi) is 8.36. The number of aliphatic imine (C=N–C) groups is 1. The molecule has 7 heterocycles. The number of benzene rings is 2. The summed E-state index contributed by atoms with van der Waals surface area (Å²) in [7, 11) is 0. The van der Waals surface area contributed by atoms with Crippen molar-refractivity contribution in [2.75, 3.05) is 19.6 Å². The molecular weight excluding hydrogens is 716 g/mol. The monoisotopic (exact) mass is 752 g/mol. The van der Waals surface area contributed by atoms with E-state index in [9.17, 15) is 29.3 Å². The maximum Gasteiger partial charge on any atom is 0.300 e. The van der Waals surface area contributed by atoms with Crippen molar-refractivity contribution in [2.45, 2.75) is 81.1 Å². The Bertz CT molecular complexity index is 2200. The summed E-state index contributed by atoms with van der Waals surface area (Å²) < 4.78 is 4.84. The average Bonchev–Trinajstić information content (AvgIpc) is 4.01. The number of hydrogen-bond acceptors (Lipinski definition) is 10. The molecule has 6 atom stereocenters. The number of hydrogen-bond donors (Lipinski definition) is 0. The highest BCUT2D eigenvalue weighted by molar-refractivity contribution is 6.41. The van der Waals surface area contributed by atoms with E-state index in [1.165, 1.54) is 17.0 Å². The Morgan fingerprint density at radius 2 is 1.80 bits per heavy atom. The fourth-order valence-corrected chi connectivity index (χ4v) is 9.69. The third kappa shape index (κ3) is 5.34. The summed E-state index contributed by atoms with van der Waals surface area (Å²) >= 11 is 6.55. The molecule has 15 nitrogen and oxygen atoms in total. The predicted octanol–water partition coefficient (Wildman–Crippen LogP) is 4.17. The minimum atomic E-state index is -1.37. The second kappa shape index (κ2) is 13.1. The number of nitro groups is 1. The van der Waals surface area contributed by atoms with Gasteiger partial charge in [0, 0.05) is 43.1 Å². The van der Waals surface area contributed by atoms with Crippen LogP contribution >= 0.6 is 11.6 Å². The largest absolute Gasteiger partial charge is 0.334 e. The Morgan fingerprint density at radius 1 is 0.963 bits per heavy atom. The minimum absolute atomic E-state index is 0.00624. The van der Waals surface area contributed by atoms with Gasteiger partial charge in [-0.25, -0.2) is 9.62 Å². The van der Waals surface area contributed by atoms with Gasteiger partial charge in [-0.2, -0.15) is 0 Å². The van der Waals surface area contributed by atoms with Crippen LogP contribution in [0.4, 0.5) is 11.4 Å². The number of rotatable bonds is 6. The number of aromatic nitrogens is 2. The van der Waals surface area contributed by atoms with E-state index >= 15 is 0 Å². The zero-order chi connectivity index (χ0) is 37.3. The van der Waals surface area contributed by atoms with E-state index in [0.717, 1.165) is 12.8 Å². The molecule has 3 aromatic rings. The van der Waals surface area contributed by atoms with Gasteiger partial charge in [-0.3, -0.25) is 29.3 Å². The lowest BCUT2D eigenvalue weighted by Crippen LogP contribution is -2.64. The maximum absolute atomic E-state index is 14.9. The van der Waals surface area contributed by atoms with Gasteiger partial charge in [-0.15, -0.1) is 0 Å². The standard InChI is InChI=1S/C38H37ClN8O7/c39-26-7-2-1-5-23(26)21-28(40-27-11-13-29(47(52)53)32-31(27)41-54-42-32)34(48)45-19-4-16-38(45)17-14-25-10-12-30(46(25)37(38)51)35(49)44-20-15-22-8-9-24-6-3-18-43(24)36(50)33(22)44/h1-2,5,7-9,11,13-14,17,22,24-25,30,33H,3-4,6,10,12,15-16,18-21H2/t22-,24+,25-,30-,33-,38+/m0/s1. The van der Waals surface area contributed by atoms with E-state index in [-0.39, 0.29) is 76.8 Å². The molecule has 16 heteroatoms. The van der Waals surface area contributed by atoms with Crippen LogP contribution in [0.15, 0.2) is 70.3 Å². The van der Waals surface area contributed by atoms with E-state index in [2.05, 4.69) is 22.5 Å². The van der Waals surface area contributed by atoms with Gasteiger partial charge < -0.3 is 19.6 Å². The second-order valence-corrected chi connectivity index (χ2v) is 15.3. The SMILES string of the molecule is O=C([C@@H]1CC[C@H]2C=C[C@]3(CCCN3C(=O)C(Cc3ccccc3Cl)=Nc3ccc([N+](=O)[O-])c4nonc34)C(=O)N21)N1CC[C@@H]2C=C[C@H]3CCCN3C(=O)[C@H]21. The molecule has 2 aromatic carbocycles. The molecule has 54 heavy (non-hydrogen) atoms. The molecular formula is C38H37ClN8O7. The Hall–Kier alpha value is -5.44. The van der Waals surface area contributed by atoms with Gasteiger partial charge in [-0.05, 0) is 73.0 Å². The lowest BCUT2D eigenvalue weighted by atomic mass is 9.88. The van der Waals surface area contributed by atoms with E-state index in [0.29, 0.717) is 55.8 Å². The van der Waals surface area contributed by atoms with Gasteiger partial charge in [0.15, 0.2) is 5.52 Å². The van der Waals surface area contributed by atoms with Crippen molar-refractivity contribution in [3.63, 3.8) is 0 Å². The Labute approximate surface area is 314 Å². The van der Waals surface area contributed by atoms with Gasteiger partial charge in [-0.1, -0.05) is 54.1 Å². The van der Waals surface area contributed by atoms with Crippen molar-refractivity contribution in [3.05, 3.63) is 81.4 Å². The van der Waals surface area contributed by atoms with Crippen LogP contribution in [0.1, 0.15) is 50.5 Å². The summed E-state index contributed by atoms with van der Waals surface area (Å²) in [5.41, 5.74) is -1.03. The van der Waals surface area contributed by atoms with Crippen LogP contribution < -0.4 is 0 Å². The molecule has 4 saturated heterocycles. The summed E-state index contributed by atoms with van der Waals surface area (Å²) in [6.07, 6.45) is 12.4. The van der Waals surface area contributed by atoms with Crippen LogP contribution in [-0.2, 0) is 25.6 Å². The van der Waals surface area contributed by atoms with E-state index in [1.807, 2.05) is 17.1 Å². The number of fused-ring (bicyclic) bond motifs is 4. The fourth-order valence-electron chi connectivity index (χ4n) is 9.49. The molecule has 1 spiro atoms. The number of nitrogens with zero attached hydrogens (tertiary/aromatic N) is 8. The van der Waals surface area contributed by atoms with Gasteiger partial charge in [0.2, 0.25) is 17.3 Å². The van der Waals surface area contributed by atoms with Gasteiger partial charge in [0.25, 0.3) is 11.8 Å². The molecule has 278 valence electrons. The second-order valence-electron chi connectivity index (χ2n) is 14.9. The van der Waals surface area contributed by atoms with Crippen molar-refractivity contribution in [3.8, 4) is 0 Å². The first-order valence-corrected chi connectivity index (χ1v) is 18.9. The van der Waals surface area contributed by atoms with Crippen molar-refractivity contribution < 1.29 is 28.7 Å². The van der Waals surface area contributed by atoms with Crippen molar-refractivity contribution in [1.82, 2.24) is 29.9 Å². The number of amides is 4. The average molecular weight is 753 g/mol. The normalized spacial score (nSPS) is 29.0. The highest BCUT2D eigenvalue weighted by atomic mass is 35.5. The lowest BCUT2D eigenvalue weighted by molar-refractivity contribution is -0.383. The molecule has 9 rings (SSSR count). The van der Waals surface area contributed by atoms with Crippen LogP contribution in [0, 0.1) is 16.0 Å². The minimum Gasteiger partial charge on any atom is -0.334 e. The van der Waals surface area contributed by atoms with Crippen molar-refractivity contribution >= 4 is 63.3 Å². The predicted molar refractivity (Wildman–Crippen MR) is 195 cm³/mol. The van der Waals surface area contributed by atoms with E-state index < -0.39 is 28.5 Å². The zero-order valence-electron chi connectivity index (χ0n) is 29.3. The number of halogens is 1. The summed E-state index contributed by atoms with van der Waals surface area (Å²) in [5.74, 6) is -1.14. The van der Waals surface area contributed by atoms with E-state index in [4.69, 9.17) is 21.2 Å². The van der Waals surface area contributed by atoms with Gasteiger partial charge in [0.05, 0.1) is 22.7 Å². The Balaban J connectivity index is 1.04. The molecule has 6 aliphatic heterocycles.